The fourth-order valence-corrected chi connectivity index (χ4v) is 3.73. The van der Waals surface area contributed by atoms with E-state index >= 15 is 0 Å². The van der Waals surface area contributed by atoms with Crippen LogP contribution in [-0.2, 0) is 4.79 Å². The zero-order valence-corrected chi connectivity index (χ0v) is 18.3. The lowest BCUT2D eigenvalue weighted by Crippen LogP contribution is -2.09. The van der Waals surface area contributed by atoms with Crippen molar-refractivity contribution in [3.63, 3.8) is 0 Å². The first kappa shape index (κ1) is 20.7. The molecule has 5 heteroatoms. The van der Waals surface area contributed by atoms with Crippen LogP contribution in [0.5, 0.6) is 0 Å². The van der Waals surface area contributed by atoms with Gasteiger partial charge in [0.2, 0.25) is 0 Å². The number of allylic oxidation sites excluding steroid dienone is 2. The van der Waals surface area contributed by atoms with Crippen molar-refractivity contribution in [2.24, 2.45) is 0 Å². The molecule has 0 spiro atoms. The first-order valence-corrected chi connectivity index (χ1v) is 10.3. The summed E-state index contributed by atoms with van der Waals surface area (Å²) in [7, 11) is 7.86. The molecule has 4 rings (SSSR count). The van der Waals surface area contributed by atoms with E-state index in [-0.39, 0.29) is 5.78 Å². The van der Waals surface area contributed by atoms with E-state index in [0.29, 0.717) is 29.6 Å². The van der Waals surface area contributed by atoms with Gasteiger partial charge in [-0.2, -0.15) is 0 Å². The highest BCUT2D eigenvalue weighted by Crippen LogP contribution is 2.30. The summed E-state index contributed by atoms with van der Waals surface area (Å²) in [6, 6.07) is 15.6. The number of anilines is 2. The average molecular weight is 415 g/mol. The van der Waals surface area contributed by atoms with Gasteiger partial charge in [0.15, 0.2) is 5.78 Å². The van der Waals surface area contributed by atoms with Crippen molar-refractivity contribution < 1.29 is 9.21 Å². The van der Waals surface area contributed by atoms with Crippen molar-refractivity contribution in [2.75, 3.05) is 38.0 Å². The fourth-order valence-electron chi connectivity index (χ4n) is 3.73. The summed E-state index contributed by atoms with van der Waals surface area (Å²) in [5.41, 5.74) is 5.00. The van der Waals surface area contributed by atoms with Gasteiger partial charge in [-0.25, -0.2) is 4.79 Å². The van der Waals surface area contributed by atoms with Gasteiger partial charge in [0.1, 0.15) is 5.58 Å². The van der Waals surface area contributed by atoms with E-state index in [4.69, 9.17) is 4.42 Å². The third-order valence-corrected chi connectivity index (χ3v) is 5.59. The van der Waals surface area contributed by atoms with Gasteiger partial charge in [0.25, 0.3) is 0 Å². The Hall–Kier alpha value is -3.60. The minimum absolute atomic E-state index is 0.000797. The Bertz CT molecular complexity index is 1260. The first-order chi connectivity index (χ1) is 14.8. The molecule has 1 aliphatic carbocycles. The van der Waals surface area contributed by atoms with Crippen LogP contribution in [0.4, 0.5) is 11.4 Å². The van der Waals surface area contributed by atoms with E-state index in [2.05, 4.69) is 0 Å². The molecule has 0 saturated heterocycles. The molecule has 0 N–H and O–H groups in total. The monoisotopic (exact) mass is 414 g/mol. The van der Waals surface area contributed by atoms with Crippen LogP contribution in [0.2, 0.25) is 0 Å². The number of hydrogen-bond donors (Lipinski definition) is 0. The van der Waals surface area contributed by atoms with Gasteiger partial charge < -0.3 is 14.2 Å². The van der Waals surface area contributed by atoms with Crippen molar-refractivity contribution in [2.45, 2.75) is 12.8 Å². The Morgan fingerprint density at radius 3 is 2.03 bits per heavy atom. The topological polar surface area (TPSA) is 53.8 Å². The number of fused-ring (bicyclic) bond motifs is 1. The number of rotatable bonds is 4. The van der Waals surface area contributed by atoms with Crippen LogP contribution in [-0.4, -0.2) is 34.0 Å². The average Bonchev–Trinajstić information content (AvgIpc) is 3.08. The molecule has 1 heterocycles. The predicted molar refractivity (Wildman–Crippen MR) is 128 cm³/mol. The summed E-state index contributed by atoms with van der Waals surface area (Å²) in [6.45, 7) is 0. The van der Waals surface area contributed by atoms with Crippen LogP contribution in [0.15, 0.2) is 68.9 Å². The first-order valence-electron chi connectivity index (χ1n) is 10.3. The van der Waals surface area contributed by atoms with Crippen LogP contribution < -0.4 is 15.4 Å². The number of carbonyl (C=O) groups is 1. The molecule has 2 aromatic carbocycles. The highest BCUT2D eigenvalue weighted by atomic mass is 16.4. The smallest absolute Gasteiger partial charge is 0.343 e. The summed E-state index contributed by atoms with van der Waals surface area (Å²) in [6.07, 6.45) is 4.92. The Labute approximate surface area is 181 Å². The SMILES string of the molecule is CN(C)c1ccc(/C=C2\CC/C(=C\c3cc4ccc(N(C)C)cc4oc3=O)C2=O)cc1. The molecule has 1 fully saturated rings. The van der Waals surface area contributed by atoms with E-state index in [0.717, 1.165) is 27.9 Å². The molecule has 0 unspecified atom stereocenters. The highest BCUT2D eigenvalue weighted by molar-refractivity contribution is 6.15. The molecule has 0 bridgehead atoms. The van der Waals surface area contributed by atoms with E-state index in [1.807, 2.05) is 86.5 Å². The standard InChI is InChI=1S/C26H26N2O3/c1-27(2)22-10-5-17(6-11-22)13-19-7-8-20(25(19)29)15-21-14-18-9-12-23(28(3)4)16-24(18)31-26(21)30/h5-6,9-16H,7-8H2,1-4H3/b19-13+,20-15+. The second-order valence-corrected chi connectivity index (χ2v) is 8.26. The molecule has 1 saturated carbocycles. The molecule has 3 aromatic rings. The summed E-state index contributed by atoms with van der Waals surface area (Å²) in [5, 5.41) is 0.833. The largest absolute Gasteiger partial charge is 0.422 e. The van der Waals surface area contributed by atoms with Crippen molar-refractivity contribution >= 4 is 40.3 Å². The second-order valence-electron chi connectivity index (χ2n) is 8.26. The Morgan fingerprint density at radius 2 is 1.39 bits per heavy atom. The van der Waals surface area contributed by atoms with Gasteiger partial charge in [-0.1, -0.05) is 12.1 Å². The number of ketones is 1. The number of benzene rings is 2. The molecule has 0 radical (unpaired) electrons. The van der Waals surface area contributed by atoms with Gasteiger partial charge in [-0.05, 0) is 60.9 Å². The van der Waals surface area contributed by atoms with Crippen LogP contribution in [0.3, 0.4) is 0 Å². The summed E-state index contributed by atoms with van der Waals surface area (Å²) in [5.74, 6) is -0.000797. The number of nitrogens with zero attached hydrogens (tertiary/aromatic N) is 2. The molecule has 0 atom stereocenters. The predicted octanol–water partition coefficient (Wildman–Crippen LogP) is 4.75. The maximum absolute atomic E-state index is 12.9. The number of Topliss-reactive ketones (excluding diaryl/α,β-unsaturated/α-hetero) is 1. The lowest BCUT2D eigenvalue weighted by atomic mass is 10.1. The zero-order chi connectivity index (χ0) is 22.1. The third-order valence-electron chi connectivity index (χ3n) is 5.59. The van der Waals surface area contributed by atoms with Gasteiger partial charge in [-0.15, -0.1) is 0 Å². The van der Waals surface area contributed by atoms with Crippen LogP contribution in [0.1, 0.15) is 24.0 Å². The minimum atomic E-state index is -0.430. The van der Waals surface area contributed by atoms with E-state index in [9.17, 15) is 9.59 Å². The Morgan fingerprint density at radius 1 is 0.774 bits per heavy atom. The van der Waals surface area contributed by atoms with Crippen LogP contribution >= 0.6 is 0 Å². The van der Waals surface area contributed by atoms with Gasteiger partial charge >= 0.3 is 5.63 Å². The molecule has 1 aliphatic rings. The fraction of sp³-hybridized carbons (Fsp3) is 0.231. The lowest BCUT2D eigenvalue weighted by molar-refractivity contribution is -0.111. The number of carbonyl (C=O) groups excluding carboxylic acids is 1. The van der Waals surface area contributed by atoms with Gasteiger partial charge in [0.05, 0.1) is 5.56 Å². The van der Waals surface area contributed by atoms with E-state index in [1.165, 1.54) is 0 Å². The van der Waals surface area contributed by atoms with E-state index < -0.39 is 5.63 Å². The highest BCUT2D eigenvalue weighted by Gasteiger charge is 2.23. The van der Waals surface area contributed by atoms with Crippen molar-refractivity contribution in [1.82, 2.24) is 0 Å². The van der Waals surface area contributed by atoms with Crippen molar-refractivity contribution in [1.29, 1.82) is 0 Å². The Kier molecular flexibility index (Phi) is 5.51. The third kappa shape index (κ3) is 4.31. The molecular weight excluding hydrogens is 388 g/mol. The van der Waals surface area contributed by atoms with E-state index in [1.54, 1.807) is 12.1 Å². The molecule has 0 amide bonds. The molecule has 5 nitrogen and oxygen atoms in total. The normalized spacial score (nSPS) is 16.5. The lowest BCUT2D eigenvalue weighted by Gasteiger charge is -2.12. The van der Waals surface area contributed by atoms with Crippen molar-refractivity contribution in [3.8, 4) is 0 Å². The molecule has 31 heavy (non-hydrogen) atoms. The summed E-state index contributed by atoms with van der Waals surface area (Å²) in [4.78, 5) is 29.4. The summed E-state index contributed by atoms with van der Waals surface area (Å²) < 4.78 is 5.53. The van der Waals surface area contributed by atoms with Gasteiger partial charge in [-0.3, -0.25) is 4.79 Å². The summed E-state index contributed by atoms with van der Waals surface area (Å²) >= 11 is 0. The molecular formula is C26H26N2O3. The quantitative estimate of drug-likeness (QED) is 0.455. The second kappa shape index (κ2) is 8.26. The van der Waals surface area contributed by atoms with Crippen LogP contribution in [0.25, 0.3) is 23.1 Å². The van der Waals surface area contributed by atoms with Crippen LogP contribution in [0, 0.1) is 0 Å². The number of hydrogen-bond acceptors (Lipinski definition) is 5. The minimum Gasteiger partial charge on any atom is -0.422 e. The Balaban J connectivity index is 1.61. The molecule has 158 valence electrons. The van der Waals surface area contributed by atoms with Crippen molar-refractivity contribution in [3.05, 3.63) is 81.2 Å². The van der Waals surface area contributed by atoms with Gasteiger partial charge in [0, 0.05) is 62.2 Å². The molecule has 0 aliphatic heterocycles. The maximum atomic E-state index is 12.9. The zero-order valence-electron chi connectivity index (χ0n) is 18.3. The molecule has 1 aromatic heterocycles. The maximum Gasteiger partial charge on any atom is 0.343 e.